The van der Waals surface area contributed by atoms with Crippen LogP contribution in [0.1, 0.15) is 20.3 Å². The minimum absolute atomic E-state index is 0.123. The highest BCUT2D eigenvalue weighted by molar-refractivity contribution is 7.45. The molecule has 74 valence electrons. The minimum Gasteiger partial charge on any atom is -0.466 e. The van der Waals surface area contributed by atoms with E-state index in [1.165, 1.54) is 0 Å². The number of hydrogen-bond donors (Lipinski definition) is 3. The molecule has 0 saturated heterocycles. The molecule has 0 aromatic rings. The summed E-state index contributed by atoms with van der Waals surface area (Å²) in [6.45, 7) is 4.07. The molecule has 0 radical (unpaired) electrons. The zero-order chi connectivity index (χ0) is 10.2. The normalized spacial score (nSPS) is 9.75. The van der Waals surface area contributed by atoms with Gasteiger partial charge in [0, 0.05) is 6.42 Å². The second-order valence-corrected chi connectivity index (χ2v) is 2.70. The van der Waals surface area contributed by atoms with Crippen molar-refractivity contribution in [3.8, 4) is 0 Å². The molecule has 12 heavy (non-hydrogen) atoms. The van der Waals surface area contributed by atoms with E-state index in [0.717, 1.165) is 0 Å². The quantitative estimate of drug-likeness (QED) is 0.429. The molecule has 0 atom stereocenters. The van der Waals surface area contributed by atoms with Crippen LogP contribution in [0.5, 0.6) is 0 Å². The van der Waals surface area contributed by atoms with Crippen molar-refractivity contribution in [1.82, 2.24) is 0 Å². The van der Waals surface area contributed by atoms with Gasteiger partial charge in [-0.2, -0.15) is 0 Å². The number of hydrogen-bond acceptors (Lipinski definition) is 3. The fourth-order valence-corrected chi connectivity index (χ4v) is 0.263. The topological polar surface area (TPSA) is 104 Å². The van der Waals surface area contributed by atoms with Gasteiger partial charge in [-0.15, -0.1) is 0 Å². The highest BCUT2D eigenvalue weighted by Gasteiger charge is 2.00. The number of esters is 1. The molecule has 0 heterocycles. The van der Waals surface area contributed by atoms with E-state index in [1.54, 1.807) is 13.8 Å². The van der Waals surface area contributed by atoms with Gasteiger partial charge in [0.15, 0.2) is 0 Å². The van der Waals surface area contributed by atoms with Crippen LogP contribution < -0.4 is 0 Å². The Bertz CT molecular complexity index is 153. The van der Waals surface area contributed by atoms with E-state index in [4.69, 9.17) is 19.2 Å². The zero-order valence-electron chi connectivity index (χ0n) is 6.93. The lowest BCUT2D eigenvalue weighted by Gasteiger charge is -1.93. The zero-order valence-corrected chi connectivity index (χ0v) is 7.82. The van der Waals surface area contributed by atoms with E-state index in [2.05, 4.69) is 4.74 Å². The summed E-state index contributed by atoms with van der Waals surface area (Å²) in [7, 11) is -4.64. The molecule has 0 spiro atoms. The van der Waals surface area contributed by atoms with E-state index < -0.39 is 7.82 Å². The predicted octanol–water partition coefficient (Wildman–Crippen LogP) is 0.0309. The van der Waals surface area contributed by atoms with Crippen LogP contribution in [0.25, 0.3) is 0 Å². The van der Waals surface area contributed by atoms with Gasteiger partial charge in [0.25, 0.3) is 0 Å². The third-order valence-corrected chi connectivity index (χ3v) is 0.594. The van der Waals surface area contributed by atoms with Crippen LogP contribution in [0.15, 0.2) is 0 Å². The van der Waals surface area contributed by atoms with Gasteiger partial charge in [-0.05, 0) is 6.92 Å². The van der Waals surface area contributed by atoms with Crippen LogP contribution >= 0.6 is 7.82 Å². The smallest absolute Gasteiger partial charge is 0.466 e. The molecular weight excluding hydrogens is 187 g/mol. The van der Waals surface area contributed by atoms with Crippen molar-refractivity contribution < 1.29 is 28.8 Å². The van der Waals surface area contributed by atoms with Crippen molar-refractivity contribution in [3.63, 3.8) is 0 Å². The Labute approximate surface area is 70.4 Å². The number of phosphoric acid groups is 1. The number of carbonyl (C=O) groups is 1. The molecule has 0 saturated carbocycles. The second kappa shape index (κ2) is 7.24. The standard InChI is InChI=1S/C5H10O2.H3O4P/c1-3-5(6)7-4-2;1-5(2,3)4/h3-4H2,1-2H3;(H3,1,2,3,4). The summed E-state index contributed by atoms with van der Waals surface area (Å²) in [6.07, 6.45) is 0.480. The predicted molar refractivity (Wildman–Crippen MR) is 41.2 cm³/mol. The first-order valence-corrected chi connectivity index (χ1v) is 4.81. The third kappa shape index (κ3) is 33.6. The Balaban J connectivity index is 0. The largest absolute Gasteiger partial charge is 0.466 e. The van der Waals surface area contributed by atoms with Crippen LogP contribution in [0.4, 0.5) is 0 Å². The lowest BCUT2D eigenvalue weighted by Crippen LogP contribution is -2.00. The first-order valence-electron chi connectivity index (χ1n) is 3.25. The molecule has 0 aliphatic rings. The van der Waals surface area contributed by atoms with Gasteiger partial charge in [0.05, 0.1) is 6.61 Å². The summed E-state index contributed by atoms with van der Waals surface area (Å²) in [5, 5.41) is 0. The number of ether oxygens (including phenoxy) is 1. The molecule has 0 aliphatic heterocycles. The van der Waals surface area contributed by atoms with Crippen molar-refractivity contribution >= 4 is 13.8 Å². The Morgan fingerprint density at radius 3 is 1.75 bits per heavy atom. The van der Waals surface area contributed by atoms with E-state index in [1.807, 2.05) is 0 Å². The molecule has 0 aromatic heterocycles. The van der Waals surface area contributed by atoms with Crippen LogP contribution in [-0.4, -0.2) is 27.3 Å². The lowest BCUT2D eigenvalue weighted by molar-refractivity contribution is -0.142. The maximum Gasteiger partial charge on any atom is 0.466 e. The molecule has 0 bridgehead atoms. The van der Waals surface area contributed by atoms with E-state index >= 15 is 0 Å². The molecule has 0 aliphatic carbocycles. The molecule has 6 nitrogen and oxygen atoms in total. The Morgan fingerprint density at radius 2 is 1.67 bits per heavy atom. The number of carbonyl (C=O) groups excluding carboxylic acids is 1. The van der Waals surface area contributed by atoms with Gasteiger partial charge in [0.1, 0.15) is 0 Å². The van der Waals surface area contributed by atoms with Crippen LogP contribution in [0, 0.1) is 0 Å². The SMILES string of the molecule is CCOC(=O)CC.O=P(O)(O)O. The van der Waals surface area contributed by atoms with Crippen molar-refractivity contribution in [3.05, 3.63) is 0 Å². The summed E-state index contributed by atoms with van der Waals surface area (Å²) < 4.78 is 13.4. The molecule has 0 fully saturated rings. The first-order chi connectivity index (χ1) is 5.31. The van der Waals surface area contributed by atoms with Crippen molar-refractivity contribution in [1.29, 1.82) is 0 Å². The highest BCUT2D eigenvalue weighted by atomic mass is 31.2. The second-order valence-electron chi connectivity index (χ2n) is 1.67. The summed E-state index contributed by atoms with van der Waals surface area (Å²) >= 11 is 0. The summed E-state index contributed by atoms with van der Waals surface area (Å²) in [6, 6.07) is 0. The first kappa shape index (κ1) is 14.1. The Hall–Kier alpha value is -0.420. The van der Waals surface area contributed by atoms with Crippen molar-refractivity contribution in [2.75, 3.05) is 6.61 Å². The molecule has 0 rings (SSSR count). The minimum atomic E-state index is -4.64. The molecule has 0 unspecified atom stereocenters. The average Bonchev–Trinajstić information content (AvgIpc) is 1.85. The highest BCUT2D eigenvalue weighted by Crippen LogP contribution is 2.25. The van der Waals surface area contributed by atoms with Gasteiger partial charge in [0.2, 0.25) is 0 Å². The summed E-state index contributed by atoms with van der Waals surface area (Å²) in [5.41, 5.74) is 0. The lowest BCUT2D eigenvalue weighted by atomic mass is 10.5. The Morgan fingerprint density at radius 1 is 1.33 bits per heavy atom. The Kier molecular flexibility index (Phi) is 8.52. The molecule has 7 heteroatoms. The van der Waals surface area contributed by atoms with E-state index in [-0.39, 0.29) is 5.97 Å². The maximum atomic E-state index is 10.2. The van der Waals surface area contributed by atoms with E-state index in [9.17, 15) is 4.79 Å². The molecule has 0 aromatic carbocycles. The summed E-state index contributed by atoms with van der Waals surface area (Å²) in [4.78, 5) is 31.8. The van der Waals surface area contributed by atoms with Gasteiger partial charge < -0.3 is 19.4 Å². The fraction of sp³-hybridized carbons (Fsp3) is 0.800. The van der Waals surface area contributed by atoms with Crippen LogP contribution in [0.2, 0.25) is 0 Å². The van der Waals surface area contributed by atoms with Crippen molar-refractivity contribution in [2.24, 2.45) is 0 Å². The van der Waals surface area contributed by atoms with Gasteiger partial charge >= 0.3 is 13.8 Å². The molecule has 0 amide bonds. The van der Waals surface area contributed by atoms with E-state index in [0.29, 0.717) is 13.0 Å². The van der Waals surface area contributed by atoms with Gasteiger partial charge in [-0.1, -0.05) is 6.92 Å². The average molecular weight is 200 g/mol. The molecular formula is C5H13O6P. The maximum absolute atomic E-state index is 10.2. The summed E-state index contributed by atoms with van der Waals surface area (Å²) in [5.74, 6) is -0.123. The van der Waals surface area contributed by atoms with Gasteiger partial charge in [-0.3, -0.25) is 4.79 Å². The number of rotatable bonds is 2. The van der Waals surface area contributed by atoms with Crippen LogP contribution in [0.3, 0.4) is 0 Å². The third-order valence-electron chi connectivity index (χ3n) is 0.594. The van der Waals surface area contributed by atoms with Crippen LogP contribution in [-0.2, 0) is 14.1 Å². The molecule has 3 N–H and O–H groups in total. The van der Waals surface area contributed by atoms with Crippen molar-refractivity contribution in [2.45, 2.75) is 20.3 Å². The van der Waals surface area contributed by atoms with Gasteiger partial charge in [-0.25, -0.2) is 4.57 Å². The monoisotopic (exact) mass is 200 g/mol. The fourth-order valence-electron chi connectivity index (χ4n) is 0.263.